The van der Waals surface area contributed by atoms with E-state index in [-0.39, 0.29) is 23.9 Å². The van der Waals surface area contributed by atoms with Crippen molar-refractivity contribution in [2.24, 2.45) is 0 Å². The third-order valence-electron chi connectivity index (χ3n) is 2.44. The first-order valence-corrected chi connectivity index (χ1v) is 7.70. The average Bonchev–Trinajstić information content (AvgIpc) is 2.28. The van der Waals surface area contributed by atoms with E-state index in [9.17, 15) is 21.4 Å². The summed E-state index contributed by atoms with van der Waals surface area (Å²) in [6.07, 6.45) is 0.477. The van der Waals surface area contributed by atoms with Crippen molar-refractivity contribution in [3.8, 4) is 5.75 Å². The van der Waals surface area contributed by atoms with E-state index in [1.54, 1.807) is 6.92 Å². The van der Waals surface area contributed by atoms with Crippen LogP contribution in [0.15, 0.2) is 24.3 Å². The van der Waals surface area contributed by atoms with E-state index in [1.807, 2.05) is 0 Å². The summed E-state index contributed by atoms with van der Waals surface area (Å²) in [7, 11) is -3.25. The molecule has 0 spiro atoms. The fourth-order valence-corrected chi connectivity index (χ4v) is 2.74. The van der Waals surface area contributed by atoms with Gasteiger partial charge in [0.15, 0.2) is 9.84 Å². The lowest BCUT2D eigenvalue weighted by molar-refractivity contribution is 0.341. The second-order valence-corrected chi connectivity index (χ2v) is 6.42. The summed E-state index contributed by atoms with van der Waals surface area (Å²) in [5.41, 5.74) is -0.838. The monoisotopic (exact) mass is 295 g/mol. The maximum atomic E-state index is 12.7. The molecule has 0 saturated heterocycles. The number of ether oxygens (including phenoxy) is 1. The highest BCUT2D eigenvalue weighted by Crippen LogP contribution is 2.17. The number of para-hydroxylation sites is 1. The van der Waals surface area contributed by atoms with Crippen molar-refractivity contribution in [3.63, 3.8) is 0 Å². The standard InChI is InChI=1S/C11H15BF3O3S/c1-2-8-19(16,17)9-7-18-11-6-4-3-5-10(11)12(13,14)15/h3-6H,2,7-9H2,1H3/q-1. The van der Waals surface area contributed by atoms with Crippen molar-refractivity contribution in [1.82, 2.24) is 0 Å². The lowest BCUT2D eigenvalue weighted by Gasteiger charge is -2.19. The molecule has 0 heterocycles. The number of halogens is 3. The zero-order valence-electron chi connectivity index (χ0n) is 10.5. The van der Waals surface area contributed by atoms with Gasteiger partial charge in [0.05, 0.1) is 17.3 Å². The first kappa shape index (κ1) is 15.9. The van der Waals surface area contributed by atoms with Crippen molar-refractivity contribution < 1.29 is 26.1 Å². The summed E-state index contributed by atoms with van der Waals surface area (Å²) >= 11 is 0. The summed E-state index contributed by atoms with van der Waals surface area (Å²) in [5, 5.41) is 0. The van der Waals surface area contributed by atoms with Crippen LogP contribution >= 0.6 is 0 Å². The Balaban J connectivity index is 2.69. The van der Waals surface area contributed by atoms with E-state index in [1.165, 1.54) is 18.2 Å². The normalized spacial score (nSPS) is 12.4. The quantitative estimate of drug-likeness (QED) is 0.722. The molecule has 0 bridgehead atoms. The molecule has 0 atom stereocenters. The maximum absolute atomic E-state index is 12.7. The first-order valence-electron chi connectivity index (χ1n) is 5.88. The molecule has 0 aromatic heterocycles. The smallest absolute Gasteiger partial charge is 0.496 e. The zero-order valence-corrected chi connectivity index (χ0v) is 11.3. The van der Waals surface area contributed by atoms with Gasteiger partial charge in [-0.1, -0.05) is 30.6 Å². The molecule has 1 aromatic rings. The third kappa shape index (κ3) is 5.14. The van der Waals surface area contributed by atoms with E-state index in [2.05, 4.69) is 0 Å². The fraction of sp³-hybridized carbons (Fsp3) is 0.455. The Morgan fingerprint density at radius 2 is 1.79 bits per heavy atom. The molecule has 3 nitrogen and oxygen atoms in total. The Bertz CT molecular complexity index is 514. The van der Waals surface area contributed by atoms with Gasteiger partial charge in [-0.05, 0) is 12.5 Å². The summed E-state index contributed by atoms with van der Waals surface area (Å²) in [6, 6.07) is 4.80. The fourth-order valence-electron chi connectivity index (χ4n) is 1.57. The van der Waals surface area contributed by atoms with Gasteiger partial charge in [-0.15, -0.1) is 0 Å². The van der Waals surface area contributed by atoms with Crippen molar-refractivity contribution in [2.45, 2.75) is 13.3 Å². The van der Waals surface area contributed by atoms with Crippen LogP contribution in [-0.4, -0.2) is 33.5 Å². The summed E-state index contributed by atoms with van der Waals surface area (Å²) < 4.78 is 65.9. The Morgan fingerprint density at radius 1 is 1.16 bits per heavy atom. The Hall–Kier alpha value is -1.18. The molecule has 0 N–H and O–H groups in total. The van der Waals surface area contributed by atoms with Crippen molar-refractivity contribution in [2.75, 3.05) is 18.1 Å². The largest absolute Gasteiger partial charge is 0.513 e. The molecular weight excluding hydrogens is 280 g/mol. The molecule has 0 aliphatic heterocycles. The average molecular weight is 295 g/mol. The lowest BCUT2D eigenvalue weighted by atomic mass is 9.79. The minimum atomic E-state index is -5.17. The predicted octanol–water partition coefficient (Wildman–Crippen LogP) is 1.94. The van der Waals surface area contributed by atoms with Crippen LogP contribution in [0, 0.1) is 0 Å². The Kier molecular flexibility index (Phi) is 5.28. The van der Waals surface area contributed by atoms with Gasteiger partial charge in [0.25, 0.3) is 0 Å². The molecule has 0 amide bonds. The van der Waals surface area contributed by atoms with E-state index < -0.39 is 22.3 Å². The summed E-state index contributed by atoms with van der Waals surface area (Å²) in [6.45, 7) is -3.72. The van der Waals surface area contributed by atoms with Gasteiger partial charge >= 0.3 is 6.98 Å². The molecule has 0 aliphatic carbocycles. The molecule has 108 valence electrons. The number of benzene rings is 1. The Labute approximate surface area is 110 Å². The zero-order chi connectivity index (χ0) is 14.5. The van der Waals surface area contributed by atoms with Gasteiger partial charge in [0, 0.05) is 0 Å². The highest BCUT2D eigenvalue weighted by atomic mass is 32.2. The number of hydrogen-bond donors (Lipinski definition) is 0. The molecule has 1 aromatic carbocycles. The van der Waals surface area contributed by atoms with E-state index in [0.29, 0.717) is 6.42 Å². The lowest BCUT2D eigenvalue weighted by Crippen LogP contribution is -2.35. The highest BCUT2D eigenvalue weighted by Gasteiger charge is 2.28. The van der Waals surface area contributed by atoms with E-state index >= 15 is 0 Å². The van der Waals surface area contributed by atoms with Crippen LogP contribution in [0.25, 0.3) is 0 Å². The molecule has 0 radical (unpaired) electrons. The SMILES string of the molecule is CCCS(=O)(=O)CCOc1ccccc1[B-](F)(F)F. The maximum Gasteiger partial charge on any atom is 0.513 e. The first-order chi connectivity index (χ1) is 8.76. The minimum Gasteiger partial charge on any atom is -0.496 e. The molecule has 0 unspecified atom stereocenters. The molecule has 0 aliphatic rings. The highest BCUT2D eigenvalue weighted by molar-refractivity contribution is 7.91. The van der Waals surface area contributed by atoms with Crippen LogP contribution < -0.4 is 10.2 Å². The summed E-state index contributed by atoms with van der Waals surface area (Å²) in [4.78, 5) is 0. The van der Waals surface area contributed by atoms with Gasteiger partial charge in [-0.2, -0.15) is 0 Å². The van der Waals surface area contributed by atoms with Crippen LogP contribution in [0.4, 0.5) is 12.9 Å². The van der Waals surface area contributed by atoms with Gasteiger partial charge in [0.1, 0.15) is 6.61 Å². The van der Waals surface area contributed by atoms with E-state index in [4.69, 9.17) is 4.74 Å². The topological polar surface area (TPSA) is 43.4 Å². The summed E-state index contributed by atoms with van der Waals surface area (Å²) in [5.74, 6) is -0.581. The molecular formula is C11H15BF3O3S-. The molecule has 1 rings (SSSR count). The van der Waals surface area contributed by atoms with Crippen LogP contribution in [0.3, 0.4) is 0 Å². The number of rotatable bonds is 7. The minimum absolute atomic E-state index is 0.0151. The molecule has 8 heteroatoms. The van der Waals surface area contributed by atoms with Gasteiger partial charge in [-0.25, -0.2) is 8.42 Å². The van der Waals surface area contributed by atoms with Crippen LogP contribution in [0.2, 0.25) is 0 Å². The number of hydrogen-bond acceptors (Lipinski definition) is 3. The molecule has 19 heavy (non-hydrogen) atoms. The molecule has 0 saturated carbocycles. The second-order valence-electron chi connectivity index (χ2n) is 4.11. The van der Waals surface area contributed by atoms with Crippen LogP contribution in [0.1, 0.15) is 13.3 Å². The molecule has 0 fully saturated rings. The number of sulfone groups is 1. The van der Waals surface area contributed by atoms with Gasteiger partial charge < -0.3 is 17.7 Å². The van der Waals surface area contributed by atoms with Crippen molar-refractivity contribution in [3.05, 3.63) is 24.3 Å². The van der Waals surface area contributed by atoms with E-state index in [0.717, 1.165) is 6.07 Å². The van der Waals surface area contributed by atoms with Crippen molar-refractivity contribution in [1.29, 1.82) is 0 Å². The van der Waals surface area contributed by atoms with Crippen molar-refractivity contribution >= 4 is 22.3 Å². The third-order valence-corrected chi connectivity index (χ3v) is 4.26. The van der Waals surface area contributed by atoms with Gasteiger partial charge in [0.2, 0.25) is 0 Å². The Morgan fingerprint density at radius 3 is 2.37 bits per heavy atom. The van der Waals surface area contributed by atoms with Crippen LogP contribution in [0.5, 0.6) is 5.75 Å². The van der Waals surface area contributed by atoms with Gasteiger partial charge in [-0.3, -0.25) is 0 Å². The predicted molar refractivity (Wildman–Crippen MR) is 69.6 cm³/mol. The second kappa shape index (κ2) is 6.32. The van der Waals surface area contributed by atoms with Crippen LogP contribution in [-0.2, 0) is 9.84 Å².